The number of amides is 5. The maximum absolute atomic E-state index is 14.1. The minimum absolute atomic E-state index is 0.0144. The molecule has 2 saturated carbocycles. The molecular formula is C52H70N6O5. The molecule has 0 aromatic heterocycles. The van der Waals surface area contributed by atoms with Crippen LogP contribution in [0.2, 0.25) is 0 Å². The van der Waals surface area contributed by atoms with E-state index in [1.165, 1.54) is 30.4 Å². The molecule has 4 aliphatic rings. The van der Waals surface area contributed by atoms with Gasteiger partial charge in [0.1, 0.15) is 6.04 Å². The van der Waals surface area contributed by atoms with Crippen molar-refractivity contribution in [2.45, 2.75) is 134 Å². The molecule has 0 spiro atoms. The SMILES string of the molecule is CCCCCCCNC(=O)C1CN(Cc2ccc(C(=O)N3C[C@@H](C(=O)N[C@H]4C[C@@H]4c4ccccc4)[C@H](C(=O)N[C@H]4C[C@@H]4c4ccccc4)C3)cc2)CCN1C(=O)CCCCCCC. The molecule has 3 N–H and O–H groups in total. The summed E-state index contributed by atoms with van der Waals surface area (Å²) in [5, 5.41) is 9.59. The van der Waals surface area contributed by atoms with Crippen molar-refractivity contribution in [1.29, 1.82) is 0 Å². The highest BCUT2D eigenvalue weighted by atomic mass is 16.2. The number of piperazine rings is 1. The van der Waals surface area contributed by atoms with Gasteiger partial charge < -0.3 is 25.8 Å². The molecule has 11 nitrogen and oxygen atoms in total. The Morgan fingerprint density at radius 1 is 0.587 bits per heavy atom. The lowest BCUT2D eigenvalue weighted by Gasteiger charge is -2.40. The summed E-state index contributed by atoms with van der Waals surface area (Å²) in [6.45, 7) is 7.52. The van der Waals surface area contributed by atoms with Crippen molar-refractivity contribution in [3.05, 3.63) is 107 Å². The van der Waals surface area contributed by atoms with E-state index < -0.39 is 17.9 Å². The molecule has 338 valence electrons. The number of benzene rings is 3. The number of nitrogens with zero attached hydrogens (tertiary/aromatic N) is 3. The fourth-order valence-electron chi connectivity index (χ4n) is 9.71. The lowest BCUT2D eigenvalue weighted by atomic mass is 9.94. The predicted molar refractivity (Wildman–Crippen MR) is 247 cm³/mol. The molecule has 0 bridgehead atoms. The molecule has 4 fully saturated rings. The number of hydrogen-bond donors (Lipinski definition) is 3. The van der Waals surface area contributed by atoms with Crippen molar-refractivity contribution in [2.24, 2.45) is 11.8 Å². The number of rotatable bonds is 22. The van der Waals surface area contributed by atoms with Crippen LogP contribution in [-0.4, -0.2) is 102 Å². The van der Waals surface area contributed by atoms with Crippen LogP contribution in [-0.2, 0) is 25.7 Å². The molecule has 3 aromatic carbocycles. The van der Waals surface area contributed by atoms with E-state index in [1.54, 1.807) is 9.80 Å². The van der Waals surface area contributed by atoms with Gasteiger partial charge in [-0.25, -0.2) is 0 Å². The zero-order valence-corrected chi connectivity index (χ0v) is 37.6. The van der Waals surface area contributed by atoms with E-state index in [0.29, 0.717) is 44.7 Å². The zero-order chi connectivity index (χ0) is 44.1. The second kappa shape index (κ2) is 22.5. The smallest absolute Gasteiger partial charge is 0.253 e. The monoisotopic (exact) mass is 859 g/mol. The van der Waals surface area contributed by atoms with Crippen molar-refractivity contribution >= 4 is 29.5 Å². The Labute approximate surface area is 375 Å². The third-order valence-corrected chi connectivity index (χ3v) is 13.7. The topological polar surface area (TPSA) is 131 Å². The van der Waals surface area contributed by atoms with Crippen LogP contribution < -0.4 is 16.0 Å². The molecule has 0 radical (unpaired) electrons. The molecule has 1 unspecified atom stereocenters. The quantitative estimate of drug-likeness (QED) is 0.0919. The Hall–Kier alpha value is -5.03. The highest BCUT2D eigenvalue weighted by Crippen LogP contribution is 2.42. The van der Waals surface area contributed by atoms with Gasteiger partial charge in [0.25, 0.3) is 5.91 Å². The summed E-state index contributed by atoms with van der Waals surface area (Å²) >= 11 is 0. The fourth-order valence-corrected chi connectivity index (χ4v) is 9.71. The first-order valence-electron chi connectivity index (χ1n) is 24.1. The first-order valence-corrected chi connectivity index (χ1v) is 24.1. The highest BCUT2D eigenvalue weighted by Gasteiger charge is 2.49. The molecule has 2 aliphatic carbocycles. The van der Waals surface area contributed by atoms with Crippen molar-refractivity contribution in [3.8, 4) is 0 Å². The molecule has 63 heavy (non-hydrogen) atoms. The average molecular weight is 859 g/mol. The van der Waals surface area contributed by atoms with E-state index in [1.807, 2.05) is 60.7 Å². The van der Waals surface area contributed by atoms with Crippen molar-refractivity contribution < 1.29 is 24.0 Å². The minimum Gasteiger partial charge on any atom is -0.354 e. The van der Waals surface area contributed by atoms with Crippen LogP contribution in [0.4, 0.5) is 0 Å². The molecule has 7 rings (SSSR count). The van der Waals surface area contributed by atoms with Gasteiger partial charge in [0.15, 0.2) is 0 Å². The van der Waals surface area contributed by atoms with Crippen LogP contribution in [0, 0.1) is 11.8 Å². The first kappa shape index (κ1) is 46.0. The molecule has 2 aliphatic heterocycles. The van der Waals surface area contributed by atoms with E-state index in [0.717, 1.165) is 63.4 Å². The Bertz CT molecular complexity index is 1900. The summed E-state index contributed by atoms with van der Waals surface area (Å²) in [7, 11) is 0. The zero-order valence-electron chi connectivity index (χ0n) is 37.6. The van der Waals surface area contributed by atoms with E-state index in [9.17, 15) is 24.0 Å². The van der Waals surface area contributed by atoms with Gasteiger partial charge in [0.2, 0.25) is 23.6 Å². The third kappa shape index (κ3) is 12.6. The molecule has 11 heteroatoms. The molecule has 5 amide bonds. The summed E-state index contributed by atoms with van der Waals surface area (Å²) < 4.78 is 0. The van der Waals surface area contributed by atoms with E-state index >= 15 is 0 Å². The van der Waals surface area contributed by atoms with Gasteiger partial charge in [-0.05, 0) is 54.5 Å². The van der Waals surface area contributed by atoms with E-state index in [4.69, 9.17) is 0 Å². The summed E-state index contributed by atoms with van der Waals surface area (Å²) in [5.74, 6) is -1.38. The van der Waals surface area contributed by atoms with Gasteiger partial charge in [0, 0.05) is 81.7 Å². The predicted octanol–water partition coefficient (Wildman–Crippen LogP) is 7.18. The Morgan fingerprint density at radius 2 is 1.13 bits per heavy atom. The minimum atomic E-state index is -0.656. The van der Waals surface area contributed by atoms with E-state index in [-0.39, 0.29) is 66.5 Å². The normalized spacial score (nSPS) is 24.1. The maximum Gasteiger partial charge on any atom is 0.253 e. The summed E-state index contributed by atoms with van der Waals surface area (Å²) in [6, 6.07) is 27.4. The lowest BCUT2D eigenvalue weighted by molar-refractivity contribution is -0.144. The van der Waals surface area contributed by atoms with Crippen molar-refractivity contribution in [1.82, 2.24) is 30.7 Å². The standard InChI is InChI=1S/C52H70N6O5/c1-3-5-7-9-17-23-48(59)58-30-29-56(36-47(58)51(62)53-28-18-10-8-6-4-2)33-37-24-26-40(27-25-37)52(63)57-34-43(49(60)54-45-31-41(45)38-19-13-11-14-20-38)44(35-57)50(61)55-46-32-42(46)39-21-15-12-16-22-39/h11-16,19-22,24-27,41-47H,3-10,17-18,23,28-36H2,1-2H3,(H,53,62)(H,54,60)(H,55,61)/t41-,42-,43-,44-,45+,46+,47?/m1/s1. The highest BCUT2D eigenvalue weighted by molar-refractivity contribution is 5.97. The fraction of sp³-hybridized carbons (Fsp3) is 0.558. The third-order valence-electron chi connectivity index (χ3n) is 13.7. The number of unbranched alkanes of at least 4 members (excludes halogenated alkanes) is 8. The van der Waals surface area contributed by atoms with Crippen LogP contribution in [0.5, 0.6) is 0 Å². The number of carbonyl (C=O) groups is 5. The maximum atomic E-state index is 14.1. The summed E-state index contributed by atoms with van der Waals surface area (Å²) in [5.41, 5.74) is 3.89. The second-order valence-electron chi connectivity index (χ2n) is 18.6. The van der Waals surface area contributed by atoms with Gasteiger partial charge >= 0.3 is 0 Å². The van der Waals surface area contributed by atoms with Gasteiger partial charge in [-0.3, -0.25) is 28.9 Å². The van der Waals surface area contributed by atoms with Gasteiger partial charge in [-0.1, -0.05) is 138 Å². The van der Waals surface area contributed by atoms with Gasteiger partial charge in [0.05, 0.1) is 11.8 Å². The number of hydrogen-bond acceptors (Lipinski definition) is 6. The average Bonchev–Trinajstić information content (AvgIpc) is 4.22. The number of likely N-dealkylation sites (tertiary alicyclic amines) is 1. The molecule has 7 atom stereocenters. The van der Waals surface area contributed by atoms with Crippen LogP contribution in [0.25, 0.3) is 0 Å². The van der Waals surface area contributed by atoms with Gasteiger partial charge in [-0.15, -0.1) is 0 Å². The first-order chi connectivity index (χ1) is 30.7. The lowest BCUT2D eigenvalue weighted by Crippen LogP contribution is -2.60. The molecule has 2 heterocycles. The van der Waals surface area contributed by atoms with Crippen LogP contribution in [0.3, 0.4) is 0 Å². The van der Waals surface area contributed by atoms with Crippen LogP contribution in [0.15, 0.2) is 84.9 Å². The van der Waals surface area contributed by atoms with E-state index in [2.05, 4.69) is 59.0 Å². The second-order valence-corrected chi connectivity index (χ2v) is 18.6. The number of carbonyl (C=O) groups excluding carboxylic acids is 5. The molecule has 2 saturated heterocycles. The molecular weight excluding hydrogens is 789 g/mol. The largest absolute Gasteiger partial charge is 0.354 e. The number of nitrogens with one attached hydrogen (secondary N) is 3. The van der Waals surface area contributed by atoms with Gasteiger partial charge in [-0.2, -0.15) is 0 Å². The van der Waals surface area contributed by atoms with Crippen LogP contribution in [0.1, 0.15) is 136 Å². The summed E-state index contributed by atoms with van der Waals surface area (Å²) in [6.07, 6.45) is 13.1. The van der Waals surface area contributed by atoms with Crippen molar-refractivity contribution in [2.75, 3.05) is 39.3 Å². The Balaban J connectivity index is 0.964. The Morgan fingerprint density at radius 3 is 1.68 bits per heavy atom. The van der Waals surface area contributed by atoms with Crippen molar-refractivity contribution in [3.63, 3.8) is 0 Å². The Kier molecular flexibility index (Phi) is 16.5. The molecule has 3 aromatic rings. The summed E-state index contributed by atoms with van der Waals surface area (Å²) in [4.78, 5) is 74.8. The van der Waals surface area contributed by atoms with Crippen LogP contribution >= 0.6 is 0 Å².